The van der Waals surface area contributed by atoms with Crippen molar-refractivity contribution < 1.29 is 9.53 Å². The first-order valence-electron chi connectivity index (χ1n) is 5.53. The highest BCUT2D eigenvalue weighted by molar-refractivity contribution is 9.10. The van der Waals surface area contributed by atoms with Gasteiger partial charge in [-0.1, -0.05) is 41.9 Å². The van der Waals surface area contributed by atoms with E-state index in [0.717, 1.165) is 5.69 Å². The van der Waals surface area contributed by atoms with E-state index >= 15 is 0 Å². The normalized spacial score (nSPS) is 12.4. The summed E-state index contributed by atoms with van der Waals surface area (Å²) in [5.41, 5.74) is 0.783. The molecule has 0 saturated carbocycles. The highest BCUT2D eigenvalue weighted by atomic mass is 79.9. The van der Waals surface area contributed by atoms with Crippen molar-refractivity contribution >= 4 is 27.5 Å². The summed E-state index contributed by atoms with van der Waals surface area (Å²) in [5.74, 6) is 0.982. The van der Waals surface area contributed by atoms with Gasteiger partial charge in [0.05, 0.1) is 17.6 Å². The number of benzene rings is 1. The summed E-state index contributed by atoms with van der Waals surface area (Å²) in [4.78, 5) is 13.6. The number of carbonyl (C=O) groups is 1. The SMILES string of the molecule is COc1ccccc1N(C)C(=O)C(Br)C(C)C. The van der Waals surface area contributed by atoms with E-state index in [4.69, 9.17) is 4.74 Å². The average Bonchev–Trinajstić information content (AvgIpc) is 2.35. The Kier molecular flexibility index (Phi) is 5.00. The Bertz CT molecular complexity index is 393. The molecule has 1 atom stereocenters. The van der Waals surface area contributed by atoms with Crippen LogP contribution in [-0.4, -0.2) is 24.9 Å². The van der Waals surface area contributed by atoms with E-state index in [0.29, 0.717) is 5.75 Å². The number of rotatable bonds is 4. The summed E-state index contributed by atoms with van der Waals surface area (Å²) in [6.45, 7) is 4.01. The molecule has 0 radical (unpaired) electrons. The molecule has 0 aliphatic carbocycles. The molecule has 0 spiro atoms. The van der Waals surface area contributed by atoms with Crippen molar-refractivity contribution in [3.8, 4) is 5.75 Å². The minimum absolute atomic E-state index is 0.0319. The van der Waals surface area contributed by atoms with Crippen molar-refractivity contribution in [3.05, 3.63) is 24.3 Å². The number of para-hydroxylation sites is 2. The van der Waals surface area contributed by atoms with E-state index in [1.165, 1.54) is 0 Å². The molecule has 0 fully saturated rings. The minimum Gasteiger partial charge on any atom is -0.495 e. The lowest BCUT2D eigenvalue weighted by atomic mass is 10.1. The van der Waals surface area contributed by atoms with Gasteiger partial charge in [-0.3, -0.25) is 4.79 Å². The van der Waals surface area contributed by atoms with Crippen LogP contribution < -0.4 is 9.64 Å². The minimum atomic E-state index is -0.183. The fraction of sp³-hybridized carbons (Fsp3) is 0.462. The van der Waals surface area contributed by atoms with Crippen molar-refractivity contribution in [2.45, 2.75) is 18.7 Å². The first-order chi connectivity index (χ1) is 7.99. The molecule has 1 amide bonds. The Hall–Kier alpha value is -1.03. The molecule has 0 bridgehead atoms. The standard InChI is InChI=1S/C13H18BrNO2/c1-9(2)12(14)13(16)15(3)10-7-5-6-8-11(10)17-4/h5-9,12H,1-4H3. The van der Waals surface area contributed by atoms with Gasteiger partial charge in [-0.2, -0.15) is 0 Å². The number of ether oxygens (including phenoxy) is 1. The fourth-order valence-corrected chi connectivity index (χ4v) is 1.80. The Labute approximate surface area is 111 Å². The molecular weight excluding hydrogens is 282 g/mol. The van der Waals surface area contributed by atoms with Gasteiger partial charge in [0.2, 0.25) is 5.91 Å². The largest absolute Gasteiger partial charge is 0.495 e. The lowest BCUT2D eigenvalue weighted by molar-refractivity contribution is -0.118. The highest BCUT2D eigenvalue weighted by Gasteiger charge is 2.24. The quantitative estimate of drug-likeness (QED) is 0.800. The number of methoxy groups -OCH3 is 1. The molecule has 0 aromatic heterocycles. The fourth-order valence-electron chi connectivity index (χ4n) is 1.50. The highest BCUT2D eigenvalue weighted by Crippen LogP contribution is 2.28. The molecule has 0 aliphatic rings. The number of hydrogen-bond acceptors (Lipinski definition) is 2. The molecule has 1 aromatic carbocycles. The van der Waals surface area contributed by atoms with E-state index in [2.05, 4.69) is 15.9 Å². The van der Waals surface area contributed by atoms with E-state index < -0.39 is 0 Å². The van der Waals surface area contributed by atoms with Gasteiger partial charge in [0, 0.05) is 7.05 Å². The summed E-state index contributed by atoms with van der Waals surface area (Å²) in [7, 11) is 3.36. The first kappa shape index (κ1) is 14.0. The second-order valence-electron chi connectivity index (χ2n) is 4.21. The van der Waals surface area contributed by atoms with Crippen molar-refractivity contribution in [1.82, 2.24) is 0 Å². The van der Waals surface area contributed by atoms with Gasteiger partial charge in [-0.15, -0.1) is 0 Å². The number of anilines is 1. The van der Waals surface area contributed by atoms with Crippen LogP contribution in [0.15, 0.2) is 24.3 Å². The van der Waals surface area contributed by atoms with Crippen LogP contribution >= 0.6 is 15.9 Å². The van der Waals surface area contributed by atoms with Crippen molar-refractivity contribution in [2.24, 2.45) is 5.92 Å². The van der Waals surface area contributed by atoms with Gasteiger partial charge < -0.3 is 9.64 Å². The summed E-state index contributed by atoms with van der Waals surface area (Å²) in [5, 5.41) is 0. The van der Waals surface area contributed by atoms with Crippen LogP contribution in [0.4, 0.5) is 5.69 Å². The van der Waals surface area contributed by atoms with E-state index in [1.54, 1.807) is 19.1 Å². The van der Waals surface area contributed by atoms with Gasteiger partial charge in [-0.25, -0.2) is 0 Å². The molecule has 0 aliphatic heterocycles. The molecule has 1 unspecified atom stereocenters. The monoisotopic (exact) mass is 299 g/mol. The molecular formula is C13H18BrNO2. The summed E-state index contributed by atoms with van der Waals surface area (Å²) < 4.78 is 5.25. The second kappa shape index (κ2) is 6.05. The van der Waals surface area contributed by atoms with Crippen molar-refractivity contribution in [1.29, 1.82) is 0 Å². The van der Waals surface area contributed by atoms with E-state index in [1.807, 2.05) is 38.1 Å². The molecule has 17 heavy (non-hydrogen) atoms. The zero-order chi connectivity index (χ0) is 13.0. The second-order valence-corrected chi connectivity index (χ2v) is 5.20. The van der Waals surface area contributed by atoms with E-state index in [9.17, 15) is 4.79 Å². The van der Waals surface area contributed by atoms with Crippen LogP contribution in [0.3, 0.4) is 0 Å². The number of alkyl halides is 1. The smallest absolute Gasteiger partial charge is 0.240 e. The van der Waals surface area contributed by atoms with Crippen molar-refractivity contribution in [2.75, 3.05) is 19.1 Å². The third-order valence-electron chi connectivity index (χ3n) is 2.60. The molecule has 4 heteroatoms. The van der Waals surface area contributed by atoms with Gasteiger partial charge >= 0.3 is 0 Å². The maximum Gasteiger partial charge on any atom is 0.240 e. The topological polar surface area (TPSA) is 29.5 Å². The summed E-state index contributed by atoms with van der Waals surface area (Å²) in [6, 6.07) is 7.49. The molecule has 3 nitrogen and oxygen atoms in total. The van der Waals surface area contributed by atoms with E-state index in [-0.39, 0.29) is 16.7 Å². The lowest BCUT2D eigenvalue weighted by Gasteiger charge is -2.24. The maximum atomic E-state index is 12.2. The Balaban J connectivity index is 2.96. The predicted molar refractivity (Wildman–Crippen MR) is 74.0 cm³/mol. The number of halogens is 1. The van der Waals surface area contributed by atoms with Crippen LogP contribution in [0.1, 0.15) is 13.8 Å². The van der Waals surface area contributed by atoms with Gasteiger partial charge in [0.15, 0.2) is 0 Å². The molecule has 0 N–H and O–H groups in total. The van der Waals surface area contributed by atoms with Crippen LogP contribution in [0.2, 0.25) is 0 Å². The number of amides is 1. The lowest BCUT2D eigenvalue weighted by Crippen LogP contribution is -2.36. The zero-order valence-electron chi connectivity index (χ0n) is 10.6. The predicted octanol–water partition coefficient (Wildman–Crippen LogP) is 3.08. The zero-order valence-corrected chi connectivity index (χ0v) is 12.2. The molecule has 0 saturated heterocycles. The summed E-state index contributed by atoms with van der Waals surface area (Å²) >= 11 is 3.42. The Morgan fingerprint density at radius 2 is 1.94 bits per heavy atom. The molecule has 0 heterocycles. The summed E-state index contributed by atoms with van der Waals surface area (Å²) in [6.07, 6.45) is 0. The van der Waals surface area contributed by atoms with Crippen LogP contribution in [0.25, 0.3) is 0 Å². The van der Waals surface area contributed by atoms with Crippen LogP contribution in [-0.2, 0) is 4.79 Å². The van der Waals surface area contributed by atoms with Crippen molar-refractivity contribution in [3.63, 3.8) is 0 Å². The third kappa shape index (κ3) is 3.22. The average molecular weight is 300 g/mol. The van der Waals surface area contributed by atoms with Gasteiger partial charge in [0.25, 0.3) is 0 Å². The van der Waals surface area contributed by atoms with Crippen LogP contribution in [0, 0.1) is 5.92 Å². The Morgan fingerprint density at radius 1 is 1.35 bits per heavy atom. The van der Waals surface area contributed by atoms with Gasteiger partial charge in [-0.05, 0) is 18.1 Å². The third-order valence-corrected chi connectivity index (χ3v) is 4.05. The number of carbonyl (C=O) groups excluding carboxylic acids is 1. The molecule has 1 aromatic rings. The number of hydrogen-bond donors (Lipinski definition) is 0. The first-order valence-corrected chi connectivity index (χ1v) is 6.45. The maximum absolute atomic E-state index is 12.2. The number of nitrogens with zero attached hydrogens (tertiary/aromatic N) is 1. The van der Waals surface area contributed by atoms with Gasteiger partial charge in [0.1, 0.15) is 5.75 Å². The molecule has 94 valence electrons. The Morgan fingerprint density at radius 3 is 2.47 bits per heavy atom. The van der Waals surface area contributed by atoms with Crippen LogP contribution in [0.5, 0.6) is 5.75 Å². The molecule has 1 rings (SSSR count).